The Morgan fingerprint density at radius 1 is 1.00 bits per heavy atom. The van der Waals surface area contributed by atoms with Gasteiger partial charge in [-0.3, -0.25) is 0 Å². The monoisotopic (exact) mass is 193 g/mol. The number of hydrogen-bond donors (Lipinski definition) is 0. The van der Waals surface area contributed by atoms with Crippen molar-refractivity contribution in [2.24, 2.45) is 0 Å². The van der Waals surface area contributed by atoms with E-state index in [-0.39, 0.29) is 0 Å². The summed E-state index contributed by atoms with van der Waals surface area (Å²) in [5.41, 5.74) is 2.19. The first-order chi connectivity index (χ1) is 6.61. The predicted molar refractivity (Wildman–Crippen MR) is 54.2 cm³/mol. The van der Waals surface area contributed by atoms with Crippen molar-refractivity contribution >= 4 is 0 Å². The van der Waals surface area contributed by atoms with Gasteiger partial charge in [0, 0.05) is 0 Å². The molecule has 2 aromatic rings. The van der Waals surface area contributed by atoms with Gasteiger partial charge >= 0.3 is 0 Å². The van der Waals surface area contributed by atoms with Gasteiger partial charge in [0.05, 0.1) is 12.0 Å². The van der Waals surface area contributed by atoms with Gasteiger partial charge in [-0.1, -0.05) is 0 Å². The van der Waals surface area contributed by atoms with Crippen LogP contribution in [0.15, 0.2) is 27.6 Å². The van der Waals surface area contributed by atoms with Crippen molar-refractivity contribution < 1.29 is 8.83 Å². The van der Waals surface area contributed by atoms with Gasteiger partial charge in [-0.2, -0.15) is 0 Å². The molecule has 2 aromatic heterocycles. The first-order valence-corrected chi connectivity index (χ1v) is 4.48. The zero-order chi connectivity index (χ0) is 10.6. The van der Waals surface area contributed by atoms with Crippen LogP contribution in [0.5, 0.6) is 0 Å². The van der Waals surface area contributed by atoms with E-state index < -0.39 is 0 Å². The SMILES string of the molecule is Cc1ccoc1C.Cc1ncoc1C. The quantitative estimate of drug-likeness (QED) is 0.645. The third-order valence-electron chi connectivity index (χ3n) is 2.10. The van der Waals surface area contributed by atoms with Gasteiger partial charge in [0.15, 0.2) is 6.39 Å². The third kappa shape index (κ3) is 2.76. The molecule has 0 radical (unpaired) electrons. The molecule has 0 bridgehead atoms. The topological polar surface area (TPSA) is 39.2 Å². The highest BCUT2D eigenvalue weighted by atomic mass is 16.3. The second-order valence-electron chi connectivity index (χ2n) is 3.15. The van der Waals surface area contributed by atoms with Gasteiger partial charge in [0.2, 0.25) is 0 Å². The van der Waals surface area contributed by atoms with E-state index in [1.165, 1.54) is 12.0 Å². The zero-order valence-corrected chi connectivity index (χ0v) is 9.00. The lowest BCUT2D eigenvalue weighted by Gasteiger charge is -1.79. The van der Waals surface area contributed by atoms with Crippen LogP contribution in [0.2, 0.25) is 0 Å². The second-order valence-corrected chi connectivity index (χ2v) is 3.15. The lowest BCUT2D eigenvalue weighted by Crippen LogP contribution is -1.69. The molecule has 76 valence electrons. The van der Waals surface area contributed by atoms with Gasteiger partial charge in [-0.05, 0) is 39.3 Å². The minimum absolute atomic E-state index is 0.903. The van der Waals surface area contributed by atoms with Crippen molar-refractivity contribution in [1.82, 2.24) is 4.98 Å². The standard InChI is InChI=1S/C6H8O.C5H7NO/c1-5-3-4-7-6(5)2;1-4-5(2)7-3-6-4/h3-4H,1-2H3;3H,1-2H3. The molecular formula is C11H15NO2. The molecule has 2 rings (SSSR count). The summed E-state index contributed by atoms with van der Waals surface area (Å²) in [5.74, 6) is 1.92. The molecule has 0 aliphatic heterocycles. The zero-order valence-electron chi connectivity index (χ0n) is 9.00. The van der Waals surface area contributed by atoms with Crippen LogP contribution in [0, 0.1) is 27.7 Å². The number of oxazole rings is 1. The molecule has 3 nitrogen and oxygen atoms in total. The molecular weight excluding hydrogens is 178 g/mol. The van der Waals surface area contributed by atoms with Crippen LogP contribution in [0.25, 0.3) is 0 Å². The molecule has 0 aliphatic rings. The molecule has 0 unspecified atom stereocenters. The van der Waals surface area contributed by atoms with Gasteiger partial charge in [-0.25, -0.2) is 4.98 Å². The summed E-state index contributed by atoms with van der Waals surface area (Å²) in [6.07, 6.45) is 3.15. The van der Waals surface area contributed by atoms with E-state index in [1.807, 2.05) is 33.8 Å². The van der Waals surface area contributed by atoms with Gasteiger partial charge in [0.1, 0.15) is 11.5 Å². The third-order valence-corrected chi connectivity index (χ3v) is 2.10. The van der Waals surface area contributed by atoms with E-state index in [1.54, 1.807) is 6.26 Å². The fourth-order valence-corrected chi connectivity index (χ4v) is 0.809. The first-order valence-electron chi connectivity index (χ1n) is 4.48. The highest BCUT2D eigenvalue weighted by Gasteiger charge is 1.90. The van der Waals surface area contributed by atoms with Crippen LogP contribution in [-0.4, -0.2) is 4.98 Å². The van der Waals surface area contributed by atoms with E-state index in [0.29, 0.717) is 0 Å². The maximum atomic E-state index is 4.96. The Morgan fingerprint density at radius 3 is 1.86 bits per heavy atom. The lowest BCUT2D eigenvalue weighted by atomic mass is 10.3. The smallest absolute Gasteiger partial charge is 0.181 e. The Labute approximate surface area is 83.8 Å². The highest BCUT2D eigenvalue weighted by Crippen LogP contribution is 2.04. The molecule has 0 fully saturated rings. The highest BCUT2D eigenvalue weighted by molar-refractivity contribution is 5.11. The van der Waals surface area contributed by atoms with E-state index in [0.717, 1.165) is 17.2 Å². The van der Waals surface area contributed by atoms with E-state index in [2.05, 4.69) is 4.98 Å². The van der Waals surface area contributed by atoms with Crippen molar-refractivity contribution in [3.8, 4) is 0 Å². The van der Waals surface area contributed by atoms with Crippen molar-refractivity contribution in [3.63, 3.8) is 0 Å². The maximum absolute atomic E-state index is 4.96. The van der Waals surface area contributed by atoms with Crippen molar-refractivity contribution in [2.45, 2.75) is 27.7 Å². The summed E-state index contributed by atoms with van der Waals surface area (Å²) < 4.78 is 9.82. The number of aryl methyl sites for hydroxylation is 4. The molecule has 0 spiro atoms. The molecule has 0 N–H and O–H groups in total. The van der Waals surface area contributed by atoms with Crippen LogP contribution in [0.1, 0.15) is 22.8 Å². The average Bonchev–Trinajstić information content (AvgIpc) is 2.67. The second kappa shape index (κ2) is 4.65. The normalized spacial score (nSPS) is 9.43. The molecule has 2 heterocycles. The van der Waals surface area contributed by atoms with Crippen LogP contribution in [-0.2, 0) is 0 Å². The molecule has 0 atom stereocenters. The van der Waals surface area contributed by atoms with Gasteiger partial charge < -0.3 is 8.83 Å². The lowest BCUT2D eigenvalue weighted by molar-refractivity contribution is 0.525. The summed E-state index contributed by atoms with van der Waals surface area (Å²) in [4.78, 5) is 3.85. The minimum atomic E-state index is 0.903. The average molecular weight is 193 g/mol. The van der Waals surface area contributed by atoms with Gasteiger partial charge in [-0.15, -0.1) is 0 Å². The molecule has 0 saturated carbocycles. The molecule has 0 aromatic carbocycles. The Kier molecular flexibility index (Phi) is 3.51. The Bertz CT molecular complexity index is 316. The molecule has 0 amide bonds. The fourth-order valence-electron chi connectivity index (χ4n) is 0.809. The molecule has 3 heteroatoms. The Morgan fingerprint density at radius 2 is 1.71 bits per heavy atom. The molecule has 0 saturated heterocycles. The number of nitrogens with zero attached hydrogens (tertiary/aromatic N) is 1. The summed E-state index contributed by atoms with van der Waals surface area (Å²) in [6.45, 7) is 7.79. The van der Waals surface area contributed by atoms with Crippen LogP contribution < -0.4 is 0 Å². The summed E-state index contributed by atoms with van der Waals surface area (Å²) in [5, 5.41) is 0. The summed E-state index contributed by atoms with van der Waals surface area (Å²) in [6, 6.07) is 1.95. The van der Waals surface area contributed by atoms with Crippen LogP contribution >= 0.6 is 0 Å². The minimum Gasteiger partial charge on any atom is -0.469 e. The number of rotatable bonds is 0. The Hall–Kier alpha value is -1.51. The van der Waals surface area contributed by atoms with Crippen molar-refractivity contribution in [2.75, 3.05) is 0 Å². The maximum Gasteiger partial charge on any atom is 0.181 e. The summed E-state index contributed by atoms with van der Waals surface area (Å²) >= 11 is 0. The molecule has 14 heavy (non-hydrogen) atoms. The van der Waals surface area contributed by atoms with E-state index >= 15 is 0 Å². The van der Waals surface area contributed by atoms with Crippen molar-refractivity contribution in [3.05, 3.63) is 41.5 Å². The number of hydrogen-bond acceptors (Lipinski definition) is 3. The van der Waals surface area contributed by atoms with Crippen molar-refractivity contribution in [1.29, 1.82) is 0 Å². The fraction of sp³-hybridized carbons (Fsp3) is 0.364. The number of furan rings is 1. The van der Waals surface area contributed by atoms with E-state index in [4.69, 9.17) is 8.83 Å². The number of aromatic nitrogens is 1. The first kappa shape index (κ1) is 10.6. The Balaban J connectivity index is 0.000000140. The predicted octanol–water partition coefficient (Wildman–Crippen LogP) is 3.19. The van der Waals surface area contributed by atoms with Crippen LogP contribution in [0.3, 0.4) is 0 Å². The molecule has 0 aliphatic carbocycles. The largest absolute Gasteiger partial charge is 0.469 e. The summed E-state index contributed by atoms with van der Waals surface area (Å²) in [7, 11) is 0. The van der Waals surface area contributed by atoms with E-state index in [9.17, 15) is 0 Å². The van der Waals surface area contributed by atoms with Gasteiger partial charge in [0.25, 0.3) is 0 Å². The van der Waals surface area contributed by atoms with Crippen LogP contribution in [0.4, 0.5) is 0 Å².